The number of benzene rings is 1. The topological polar surface area (TPSA) is 62.3 Å². The van der Waals surface area contributed by atoms with Crippen LogP contribution < -0.4 is 9.47 Å². The summed E-state index contributed by atoms with van der Waals surface area (Å²) in [6.45, 7) is 5.38. The molecule has 0 saturated carbocycles. The fourth-order valence-electron chi connectivity index (χ4n) is 3.73. The zero-order valence-electron chi connectivity index (χ0n) is 16.3. The van der Waals surface area contributed by atoms with Gasteiger partial charge in [-0.25, -0.2) is 0 Å². The van der Waals surface area contributed by atoms with Crippen LogP contribution in [0.3, 0.4) is 0 Å². The zero-order chi connectivity index (χ0) is 19.2. The molecule has 27 heavy (non-hydrogen) atoms. The van der Waals surface area contributed by atoms with Gasteiger partial charge in [-0.1, -0.05) is 0 Å². The second-order valence-corrected chi connectivity index (χ2v) is 7.04. The van der Waals surface area contributed by atoms with Crippen LogP contribution in [0, 0.1) is 0 Å². The van der Waals surface area contributed by atoms with Gasteiger partial charge in [0.05, 0.1) is 14.2 Å². The first-order valence-corrected chi connectivity index (χ1v) is 9.64. The fraction of sp³-hybridized carbons (Fsp3) is 0.600. The molecule has 7 nitrogen and oxygen atoms in total. The number of methoxy groups -OCH3 is 2. The van der Waals surface area contributed by atoms with Crippen molar-refractivity contribution in [3.63, 3.8) is 0 Å². The molecule has 0 radical (unpaired) electrons. The lowest BCUT2D eigenvalue weighted by Crippen LogP contribution is -2.51. The molecule has 0 unspecified atom stereocenters. The third-order valence-corrected chi connectivity index (χ3v) is 5.39. The second-order valence-electron chi connectivity index (χ2n) is 7.04. The molecule has 0 aliphatic carbocycles. The molecular weight excluding hydrogens is 346 g/mol. The Balaban J connectivity index is 1.50. The van der Waals surface area contributed by atoms with E-state index in [-0.39, 0.29) is 11.8 Å². The average Bonchev–Trinajstić information content (AvgIpc) is 3.24. The van der Waals surface area contributed by atoms with Crippen molar-refractivity contribution in [2.45, 2.75) is 19.3 Å². The maximum Gasteiger partial charge on any atom is 0.254 e. The first kappa shape index (κ1) is 19.5. The minimum Gasteiger partial charge on any atom is -0.493 e. The molecule has 0 spiro atoms. The van der Waals surface area contributed by atoms with Gasteiger partial charge in [-0.3, -0.25) is 9.59 Å². The second kappa shape index (κ2) is 9.08. The van der Waals surface area contributed by atoms with Gasteiger partial charge in [-0.05, 0) is 44.1 Å². The maximum absolute atomic E-state index is 12.8. The Morgan fingerprint density at radius 2 is 1.52 bits per heavy atom. The van der Waals surface area contributed by atoms with Crippen molar-refractivity contribution in [2.24, 2.45) is 0 Å². The number of likely N-dealkylation sites (tertiary alicyclic amines) is 1. The van der Waals surface area contributed by atoms with Crippen LogP contribution in [0.1, 0.15) is 29.6 Å². The quantitative estimate of drug-likeness (QED) is 0.754. The average molecular weight is 375 g/mol. The van der Waals surface area contributed by atoms with Gasteiger partial charge in [0.25, 0.3) is 5.91 Å². The molecule has 0 aromatic heterocycles. The Morgan fingerprint density at radius 1 is 0.889 bits per heavy atom. The molecule has 2 fully saturated rings. The molecule has 3 rings (SSSR count). The Labute approximate surface area is 160 Å². The first-order chi connectivity index (χ1) is 13.1. The van der Waals surface area contributed by atoms with Crippen LogP contribution in [-0.2, 0) is 4.79 Å². The third kappa shape index (κ3) is 4.71. The number of hydrogen-bond donors (Lipinski definition) is 0. The Kier molecular flexibility index (Phi) is 6.55. The van der Waals surface area contributed by atoms with Gasteiger partial charge >= 0.3 is 0 Å². The first-order valence-electron chi connectivity index (χ1n) is 9.64. The van der Waals surface area contributed by atoms with Crippen LogP contribution in [0.5, 0.6) is 11.5 Å². The number of nitrogens with zero attached hydrogens (tertiary/aromatic N) is 3. The SMILES string of the molecule is COc1ccc(C(=O)N2CCN(C(=O)CCN3CCCC3)CC2)cc1OC. The van der Waals surface area contributed by atoms with E-state index in [1.807, 2.05) is 4.90 Å². The number of rotatable bonds is 6. The molecule has 2 heterocycles. The minimum atomic E-state index is -0.0416. The van der Waals surface area contributed by atoms with E-state index in [2.05, 4.69) is 4.90 Å². The van der Waals surface area contributed by atoms with E-state index in [0.29, 0.717) is 49.7 Å². The smallest absolute Gasteiger partial charge is 0.254 e. The molecule has 0 bridgehead atoms. The number of carbonyl (C=O) groups is 2. The van der Waals surface area contributed by atoms with E-state index in [1.165, 1.54) is 12.8 Å². The summed E-state index contributed by atoms with van der Waals surface area (Å²) < 4.78 is 10.5. The van der Waals surface area contributed by atoms with Crippen molar-refractivity contribution in [2.75, 3.05) is 60.0 Å². The Morgan fingerprint density at radius 3 is 2.15 bits per heavy atom. The third-order valence-electron chi connectivity index (χ3n) is 5.39. The van der Waals surface area contributed by atoms with Gasteiger partial charge in [-0.15, -0.1) is 0 Å². The molecule has 148 valence electrons. The fourth-order valence-corrected chi connectivity index (χ4v) is 3.73. The van der Waals surface area contributed by atoms with E-state index < -0.39 is 0 Å². The summed E-state index contributed by atoms with van der Waals surface area (Å²) >= 11 is 0. The molecular formula is C20H29N3O4. The van der Waals surface area contributed by atoms with Crippen molar-refractivity contribution in [3.05, 3.63) is 23.8 Å². The molecule has 2 saturated heterocycles. The van der Waals surface area contributed by atoms with Crippen LogP contribution in [0.25, 0.3) is 0 Å². The largest absolute Gasteiger partial charge is 0.493 e. The summed E-state index contributed by atoms with van der Waals surface area (Å²) in [5, 5.41) is 0. The number of piperazine rings is 1. The summed E-state index contributed by atoms with van der Waals surface area (Å²) in [6.07, 6.45) is 3.06. The van der Waals surface area contributed by atoms with Gasteiger partial charge in [0, 0.05) is 44.7 Å². The predicted molar refractivity (Wildman–Crippen MR) is 102 cm³/mol. The standard InChI is InChI=1S/C20H29N3O4/c1-26-17-6-5-16(15-18(17)27-2)20(25)23-13-11-22(12-14-23)19(24)7-10-21-8-3-4-9-21/h5-6,15H,3-4,7-14H2,1-2H3. The maximum atomic E-state index is 12.8. The molecule has 0 atom stereocenters. The molecule has 1 aromatic carbocycles. The summed E-state index contributed by atoms with van der Waals surface area (Å²) in [5.74, 6) is 1.29. The monoisotopic (exact) mass is 375 g/mol. The van der Waals surface area contributed by atoms with E-state index in [4.69, 9.17) is 9.47 Å². The van der Waals surface area contributed by atoms with Crippen molar-refractivity contribution in [1.82, 2.24) is 14.7 Å². The van der Waals surface area contributed by atoms with E-state index in [0.717, 1.165) is 19.6 Å². The molecule has 2 aliphatic rings. The number of hydrogen-bond acceptors (Lipinski definition) is 5. The van der Waals surface area contributed by atoms with Crippen molar-refractivity contribution < 1.29 is 19.1 Å². The number of ether oxygens (including phenoxy) is 2. The highest BCUT2D eigenvalue weighted by Crippen LogP contribution is 2.28. The summed E-state index contributed by atoms with van der Waals surface area (Å²) in [4.78, 5) is 31.2. The van der Waals surface area contributed by atoms with Gasteiger partial charge in [0.1, 0.15) is 0 Å². The highest BCUT2D eigenvalue weighted by Gasteiger charge is 2.25. The number of carbonyl (C=O) groups excluding carboxylic acids is 2. The zero-order valence-corrected chi connectivity index (χ0v) is 16.3. The number of amides is 2. The van der Waals surface area contributed by atoms with E-state index in [1.54, 1.807) is 37.3 Å². The van der Waals surface area contributed by atoms with E-state index in [9.17, 15) is 9.59 Å². The lowest BCUT2D eigenvalue weighted by molar-refractivity contribution is -0.133. The summed E-state index contributed by atoms with van der Waals surface area (Å²) in [7, 11) is 3.12. The molecule has 1 aromatic rings. The van der Waals surface area contributed by atoms with Crippen LogP contribution in [0.2, 0.25) is 0 Å². The normalized spacial score (nSPS) is 17.9. The summed E-state index contributed by atoms with van der Waals surface area (Å²) in [6, 6.07) is 5.19. The van der Waals surface area contributed by atoms with Gasteiger partial charge in [0.2, 0.25) is 5.91 Å². The molecule has 2 amide bonds. The van der Waals surface area contributed by atoms with Crippen molar-refractivity contribution in [1.29, 1.82) is 0 Å². The highest BCUT2D eigenvalue weighted by molar-refractivity contribution is 5.95. The molecule has 7 heteroatoms. The Bertz CT molecular complexity index is 665. The summed E-state index contributed by atoms with van der Waals surface area (Å²) in [5.41, 5.74) is 0.571. The van der Waals surface area contributed by atoms with Crippen LogP contribution in [0.4, 0.5) is 0 Å². The Hall–Kier alpha value is -2.28. The van der Waals surface area contributed by atoms with Crippen LogP contribution in [0.15, 0.2) is 18.2 Å². The van der Waals surface area contributed by atoms with Gasteiger partial charge in [-0.2, -0.15) is 0 Å². The van der Waals surface area contributed by atoms with Crippen LogP contribution >= 0.6 is 0 Å². The molecule has 0 N–H and O–H groups in total. The van der Waals surface area contributed by atoms with Gasteiger partial charge < -0.3 is 24.2 Å². The lowest BCUT2D eigenvalue weighted by Gasteiger charge is -2.35. The predicted octanol–water partition coefficient (Wildman–Crippen LogP) is 1.47. The van der Waals surface area contributed by atoms with Gasteiger partial charge in [0.15, 0.2) is 11.5 Å². The highest BCUT2D eigenvalue weighted by atomic mass is 16.5. The minimum absolute atomic E-state index is 0.0416. The van der Waals surface area contributed by atoms with Crippen molar-refractivity contribution >= 4 is 11.8 Å². The van der Waals surface area contributed by atoms with Crippen LogP contribution in [-0.4, -0.2) is 86.5 Å². The van der Waals surface area contributed by atoms with Crippen molar-refractivity contribution in [3.8, 4) is 11.5 Å². The lowest BCUT2D eigenvalue weighted by atomic mass is 10.1. The van der Waals surface area contributed by atoms with E-state index >= 15 is 0 Å². The molecule has 2 aliphatic heterocycles.